The van der Waals surface area contributed by atoms with E-state index in [1.54, 1.807) is 32.4 Å². The third-order valence-electron chi connectivity index (χ3n) is 2.14. The first kappa shape index (κ1) is 13.2. The molecule has 1 rings (SSSR count). The Hall–Kier alpha value is -1.91. The molecular weight excluding hydrogens is 220 g/mol. The molecule has 17 heavy (non-hydrogen) atoms. The van der Waals surface area contributed by atoms with Crippen LogP contribution in [0.1, 0.15) is 13.3 Å². The highest BCUT2D eigenvalue weighted by atomic mass is 16.5. The van der Waals surface area contributed by atoms with Crippen molar-refractivity contribution < 1.29 is 14.3 Å². The first-order valence-corrected chi connectivity index (χ1v) is 5.47. The van der Waals surface area contributed by atoms with Gasteiger partial charge in [-0.25, -0.2) is 4.79 Å². The maximum Gasteiger partial charge on any atom is 0.319 e. The van der Waals surface area contributed by atoms with Crippen molar-refractivity contribution in [2.45, 2.75) is 13.3 Å². The van der Waals surface area contributed by atoms with Crippen LogP contribution in [0.5, 0.6) is 11.5 Å². The Balaban J connectivity index is 2.72. The second-order valence-corrected chi connectivity index (χ2v) is 3.48. The summed E-state index contributed by atoms with van der Waals surface area (Å²) in [5, 5.41) is 5.44. The molecule has 0 fully saturated rings. The molecule has 0 saturated carbocycles. The second-order valence-electron chi connectivity index (χ2n) is 3.48. The average molecular weight is 238 g/mol. The van der Waals surface area contributed by atoms with Gasteiger partial charge in [-0.05, 0) is 6.42 Å². The monoisotopic (exact) mass is 238 g/mol. The highest BCUT2D eigenvalue weighted by molar-refractivity contribution is 5.89. The van der Waals surface area contributed by atoms with Gasteiger partial charge in [0.1, 0.15) is 11.5 Å². The number of rotatable bonds is 5. The maximum atomic E-state index is 11.5. The zero-order chi connectivity index (χ0) is 12.7. The molecule has 0 saturated heterocycles. The average Bonchev–Trinajstić information content (AvgIpc) is 2.35. The van der Waals surface area contributed by atoms with Crippen molar-refractivity contribution >= 4 is 11.7 Å². The lowest BCUT2D eigenvalue weighted by Gasteiger charge is -2.10. The number of hydrogen-bond acceptors (Lipinski definition) is 3. The van der Waals surface area contributed by atoms with Crippen LogP contribution in [-0.2, 0) is 0 Å². The van der Waals surface area contributed by atoms with E-state index in [9.17, 15) is 4.79 Å². The minimum atomic E-state index is -0.234. The molecule has 0 atom stereocenters. The van der Waals surface area contributed by atoms with Gasteiger partial charge in [-0.1, -0.05) is 6.92 Å². The molecule has 2 N–H and O–H groups in total. The van der Waals surface area contributed by atoms with Crippen LogP contribution in [0.4, 0.5) is 10.5 Å². The van der Waals surface area contributed by atoms with Crippen LogP contribution in [0.2, 0.25) is 0 Å². The van der Waals surface area contributed by atoms with E-state index in [2.05, 4.69) is 10.6 Å². The quantitative estimate of drug-likeness (QED) is 0.827. The van der Waals surface area contributed by atoms with Gasteiger partial charge in [0.2, 0.25) is 0 Å². The number of amides is 2. The highest BCUT2D eigenvalue weighted by Gasteiger charge is 2.04. The summed E-state index contributed by atoms with van der Waals surface area (Å²) in [5.41, 5.74) is 0.634. The lowest BCUT2D eigenvalue weighted by Crippen LogP contribution is -2.29. The third-order valence-corrected chi connectivity index (χ3v) is 2.14. The van der Waals surface area contributed by atoms with Crippen LogP contribution in [0.15, 0.2) is 18.2 Å². The van der Waals surface area contributed by atoms with Gasteiger partial charge in [-0.15, -0.1) is 0 Å². The van der Waals surface area contributed by atoms with Crippen molar-refractivity contribution in [3.05, 3.63) is 18.2 Å². The molecule has 5 heteroatoms. The van der Waals surface area contributed by atoms with E-state index in [1.165, 1.54) is 0 Å². The van der Waals surface area contributed by atoms with Crippen LogP contribution < -0.4 is 20.1 Å². The second kappa shape index (κ2) is 6.62. The highest BCUT2D eigenvalue weighted by Crippen LogP contribution is 2.25. The van der Waals surface area contributed by atoms with Crippen LogP contribution in [0.3, 0.4) is 0 Å². The van der Waals surface area contributed by atoms with Gasteiger partial charge in [0.05, 0.1) is 14.2 Å². The van der Waals surface area contributed by atoms with Crippen LogP contribution in [0, 0.1) is 0 Å². The van der Waals surface area contributed by atoms with Crippen LogP contribution >= 0.6 is 0 Å². The molecule has 5 nitrogen and oxygen atoms in total. The van der Waals surface area contributed by atoms with Crippen molar-refractivity contribution in [3.8, 4) is 11.5 Å². The summed E-state index contributed by atoms with van der Waals surface area (Å²) in [6, 6.07) is 4.97. The molecule has 0 spiro atoms. The van der Waals surface area contributed by atoms with Gasteiger partial charge in [-0.3, -0.25) is 0 Å². The number of anilines is 1. The molecule has 0 bridgehead atoms. The predicted octanol–water partition coefficient (Wildman–Crippen LogP) is 2.24. The number of carbonyl (C=O) groups is 1. The van der Waals surface area contributed by atoms with Crippen molar-refractivity contribution in [3.63, 3.8) is 0 Å². The van der Waals surface area contributed by atoms with Gasteiger partial charge in [0.15, 0.2) is 0 Å². The molecule has 2 amide bonds. The van der Waals surface area contributed by atoms with Crippen molar-refractivity contribution in [2.75, 3.05) is 26.1 Å². The zero-order valence-corrected chi connectivity index (χ0v) is 10.4. The fraction of sp³-hybridized carbons (Fsp3) is 0.417. The summed E-state index contributed by atoms with van der Waals surface area (Å²) in [5.74, 6) is 1.27. The van der Waals surface area contributed by atoms with Gasteiger partial charge in [0.25, 0.3) is 0 Å². The zero-order valence-electron chi connectivity index (χ0n) is 10.4. The molecule has 0 heterocycles. The van der Waals surface area contributed by atoms with Gasteiger partial charge in [-0.2, -0.15) is 0 Å². The lowest BCUT2D eigenvalue weighted by molar-refractivity contribution is 0.252. The summed E-state index contributed by atoms with van der Waals surface area (Å²) in [6.45, 7) is 2.64. The summed E-state index contributed by atoms with van der Waals surface area (Å²) < 4.78 is 10.2. The van der Waals surface area contributed by atoms with Crippen LogP contribution in [0.25, 0.3) is 0 Å². The normalized spacial score (nSPS) is 9.59. The first-order valence-electron chi connectivity index (χ1n) is 5.47. The first-order chi connectivity index (χ1) is 8.19. The summed E-state index contributed by atoms with van der Waals surface area (Å²) >= 11 is 0. The summed E-state index contributed by atoms with van der Waals surface area (Å²) in [6.07, 6.45) is 0.898. The number of hydrogen-bond donors (Lipinski definition) is 2. The molecule has 0 aliphatic heterocycles. The Kier molecular flexibility index (Phi) is 5.13. The smallest absolute Gasteiger partial charge is 0.319 e. The predicted molar refractivity (Wildman–Crippen MR) is 66.9 cm³/mol. The van der Waals surface area contributed by atoms with Gasteiger partial charge < -0.3 is 20.1 Å². The largest absolute Gasteiger partial charge is 0.497 e. The van der Waals surface area contributed by atoms with Crippen LogP contribution in [-0.4, -0.2) is 26.8 Å². The molecule has 0 aliphatic carbocycles. The van der Waals surface area contributed by atoms with E-state index in [0.29, 0.717) is 23.7 Å². The molecule has 1 aromatic carbocycles. The minimum Gasteiger partial charge on any atom is -0.497 e. The SMILES string of the molecule is CCCNC(=O)Nc1cc(OC)cc(OC)c1. The Morgan fingerprint density at radius 3 is 2.24 bits per heavy atom. The lowest BCUT2D eigenvalue weighted by atomic mass is 10.3. The molecule has 94 valence electrons. The number of carbonyl (C=O) groups excluding carboxylic acids is 1. The summed E-state index contributed by atoms with van der Waals surface area (Å²) in [4.78, 5) is 11.5. The van der Waals surface area contributed by atoms with Gasteiger partial charge >= 0.3 is 6.03 Å². The van der Waals surface area contributed by atoms with Gasteiger partial charge in [0, 0.05) is 30.4 Å². The number of nitrogens with one attached hydrogen (secondary N) is 2. The fourth-order valence-electron chi connectivity index (χ4n) is 1.29. The standard InChI is InChI=1S/C12H18N2O3/c1-4-5-13-12(15)14-9-6-10(16-2)8-11(7-9)17-3/h6-8H,4-5H2,1-3H3,(H2,13,14,15). The molecule has 1 aromatic rings. The number of methoxy groups -OCH3 is 2. The van der Waals surface area contributed by atoms with Crippen molar-refractivity contribution in [1.82, 2.24) is 5.32 Å². The summed E-state index contributed by atoms with van der Waals surface area (Å²) in [7, 11) is 3.13. The molecular formula is C12H18N2O3. The van der Waals surface area contributed by atoms with Crippen molar-refractivity contribution in [1.29, 1.82) is 0 Å². The maximum absolute atomic E-state index is 11.5. The number of urea groups is 1. The molecule has 0 unspecified atom stereocenters. The topological polar surface area (TPSA) is 59.6 Å². The Morgan fingerprint density at radius 1 is 1.18 bits per heavy atom. The number of ether oxygens (including phenoxy) is 2. The van der Waals surface area contributed by atoms with E-state index in [-0.39, 0.29) is 6.03 Å². The fourth-order valence-corrected chi connectivity index (χ4v) is 1.29. The van der Waals surface area contributed by atoms with E-state index in [0.717, 1.165) is 6.42 Å². The van der Waals surface area contributed by atoms with Crippen molar-refractivity contribution in [2.24, 2.45) is 0 Å². The van der Waals surface area contributed by atoms with E-state index < -0.39 is 0 Å². The molecule has 0 radical (unpaired) electrons. The Bertz CT molecular complexity index is 358. The minimum absolute atomic E-state index is 0.234. The molecule has 0 aliphatic rings. The van der Waals surface area contributed by atoms with E-state index >= 15 is 0 Å². The molecule has 0 aromatic heterocycles. The Labute approximate surface area is 101 Å². The third kappa shape index (κ3) is 4.22. The Morgan fingerprint density at radius 2 is 1.76 bits per heavy atom. The van der Waals surface area contributed by atoms with E-state index in [1.807, 2.05) is 6.92 Å². The van der Waals surface area contributed by atoms with E-state index in [4.69, 9.17) is 9.47 Å². The number of benzene rings is 1.